The Labute approximate surface area is 107 Å². The van der Waals surface area contributed by atoms with E-state index in [4.69, 9.17) is 11.6 Å². The topological polar surface area (TPSA) is 50.2 Å². The van der Waals surface area contributed by atoms with Gasteiger partial charge in [0.2, 0.25) is 5.91 Å². The molecule has 1 amide bonds. The molecule has 0 saturated heterocycles. The van der Waals surface area contributed by atoms with Gasteiger partial charge in [0, 0.05) is 20.1 Å². The number of imidazole rings is 1. The Bertz CT molecular complexity index is 374. The van der Waals surface area contributed by atoms with Crippen LogP contribution in [0.4, 0.5) is 0 Å². The van der Waals surface area contributed by atoms with Crippen LogP contribution in [-0.4, -0.2) is 40.0 Å². The number of hydrogen-bond donors (Lipinski definition) is 1. The van der Waals surface area contributed by atoms with E-state index >= 15 is 0 Å². The minimum Gasteiger partial charge on any atom is -0.342 e. The Morgan fingerprint density at radius 2 is 2.18 bits per heavy atom. The normalized spacial score (nSPS) is 10.6. The summed E-state index contributed by atoms with van der Waals surface area (Å²) in [6.45, 7) is 6.29. The number of hydrogen-bond acceptors (Lipinski definition) is 3. The first-order chi connectivity index (χ1) is 8.10. The first-order valence-corrected chi connectivity index (χ1v) is 6.12. The van der Waals surface area contributed by atoms with Gasteiger partial charge in [-0.25, -0.2) is 4.98 Å². The summed E-state index contributed by atoms with van der Waals surface area (Å²) < 4.78 is 1.79. The van der Waals surface area contributed by atoms with E-state index in [0.717, 1.165) is 18.9 Å². The van der Waals surface area contributed by atoms with E-state index in [1.54, 1.807) is 15.7 Å². The summed E-state index contributed by atoms with van der Waals surface area (Å²) in [5, 5.41) is 3.67. The van der Waals surface area contributed by atoms with Crippen LogP contribution in [0.3, 0.4) is 0 Å². The third kappa shape index (κ3) is 3.71. The van der Waals surface area contributed by atoms with Crippen LogP contribution >= 0.6 is 11.6 Å². The fourth-order valence-electron chi connectivity index (χ4n) is 1.56. The molecule has 0 fully saturated rings. The van der Waals surface area contributed by atoms with Gasteiger partial charge in [-0.3, -0.25) is 4.79 Å². The fraction of sp³-hybridized carbons (Fsp3) is 0.636. The van der Waals surface area contributed by atoms with Crippen LogP contribution in [0.25, 0.3) is 0 Å². The molecule has 0 aliphatic heterocycles. The molecule has 0 atom stereocenters. The molecular weight excluding hydrogens is 240 g/mol. The highest BCUT2D eigenvalue weighted by Crippen LogP contribution is 2.08. The summed E-state index contributed by atoms with van der Waals surface area (Å²) in [5.74, 6) is 0.928. The number of halogens is 1. The van der Waals surface area contributed by atoms with Crippen molar-refractivity contribution in [3.05, 3.63) is 17.2 Å². The van der Waals surface area contributed by atoms with Crippen molar-refractivity contribution in [3.63, 3.8) is 0 Å². The number of nitrogens with zero attached hydrogens (tertiary/aromatic N) is 3. The molecule has 0 unspecified atom stereocenters. The molecule has 1 rings (SSSR count). The zero-order valence-electron chi connectivity index (χ0n) is 10.5. The second kappa shape index (κ2) is 6.61. The van der Waals surface area contributed by atoms with Crippen LogP contribution in [0.1, 0.15) is 19.7 Å². The quantitative estimate of drug-likeness (QED) is 0.829. The fourth-order valence-corrected chi connectivity index (χ4v) is 1.70. The molecule has 96 valence electrons. The highest BCUT2D eigenvalue weighted by atomic mass is 35.5. The third-order valence-corrected chi connectivity index (χ3v) is 3.05. The lowest BCUT2D eigenvalue weighted by Gasteiger charge is -2.18. The van der Waals surface area contributed by atoms with Gasteiger partial charge in [0.1, 0.15) is 11.0 Å². The van der Waals surface area contributed by atoms with Crippen LogP contribution in [0, 0.1) is 0 Å². The van der Waals surface area contributed by atoms with E-state index in [2.05, 4.69) is 10.3 Å². The lowest BCUT2D eigenvalue weighted by Crippen LogP contribution is -2.37. The number of nitrogens with one attached hydrogen (secondary N) is 1. The van der Waals surface area contributed by atoms with Crippen LogP contribution in [0.15, 0.2) is 6.20 Å². The maximum absolute atomic E-state index is 11.7. The summed E-state index contributed by atoms with van der Waals surface area (Å²) in [6.07, 6.45) is 1.60. The molecule has 5 nitrogen and oxygen atoms in total. The van der Waals surface area contributed by atoms with Crippen molar-refractivity contribution in [1.82, 2.24) is 19.8 Å². The summed E-state index contributed by atoms with van der Waals surface area (Å²) in [4.78, 5) is 17.6. The monoisotopic (exact) mass is 258 g/mol. The van der Waals surface area contributed by atoms with Gasteiger partial charge in [-0.2, -0.15) is 0 Å². The largest absolute Gasteiger partial charge is 0.342 e. The number of likely N-dealkylation sites (N-methyl/N-ethyl adjacent to an activating group) is 1. The predicted octanol–water partition coefficient (Wildman–Crippen LogP) is 1.03. The minimum atomic E-state index is 0.107. The van der Waals surface area contributed by atoms with E-state index in [1.807, 2.05) is 20.9 Å². The third-order valence-electron chi connectivity index (χ3n) is 2.70. The first kappa shape index (κ1) is 14.0. The number of aromatic nitrogens is 2. The molecule has 0 spiro atoms. The molecule has 0 radical (unpaired) electrons. The Hall–Kier alpha value is -1.07. The van der Waals surface area contributed by atoms with E-state index in [0.29, 0.717) is 18.2 Å². The van der Waals surface area contributed by atoms with Crippen LogP contribution in [0.2, 0.25) is 5.15 Å². The zero-order chi connectivity index (χ0) is 12.8. The van der Waals surface area contributed by atoms with Crippen molar-refractivity contribution < 1.29 is 4.79 Å². The van der Waals surface area contributed by atoms with E-state index < -0.39 is 0 Å². The van der Waals surface area contributed by atoms with Gasteiger partial charge in [-0.1, -0.05) is 11.6 Å². The van der Waals surface area contributed by atoms with Crippen molar-refractivity contribution >= 4 is 17.5 Å². The summed E-state index contributed by atoms with van der Waals surface area (Å²) in [5.41, 5.74) is 0. The van der Waals surface area contributed by atoms with Gasteiger partial charge in [0.05, 0.1) is 19.3 Å². The summed E-state index contributed by atoms with van der Waals surface area (Å²) in [7, 11) is 1.85. The molecule has 6 heteroatoms. The van der Waals surface area contributed by atoms with Crippen LogP contribution < -0.4 is 5.32 Å². The smallest absolute Gasteiger partial charge is 0.236 e. The Balaban J connectivity index is 2.38. The molecule has 0 saturated carbocycles. The van der Waals surface area contributed by atoms with Crippen molar-refractivity contribution in [3.8, 4) is 0 Å². The Morgan fingerprint density at radius 1 is 1.53 bits per heavy atom. The van der Waals surface area contributed by atoms with Crippen molar-refractivity contribution in [2.24, 2.45) is 7.05 Å². The van der Waals surface area contributed by atoms with Gasteiger partial charge < -0.3 is 14.8 Å². The SMILES string of the molecule is CCN(CC)C(=O)CNCc1ncc(Cl)n1C. The number of rotatable bonds is 6. The predicted molar refractivity (Wildman–Crippen MR) is 67.9 cm³/mol. The second-order valence-electron chi connectivity index (χ2n) is 3.73. The Morgan fingerprint density at radius 3 is 2.65 bits per heavy atom. The minimum absolute atomic E-state index is 0.107. The highest BCUT2D eigenvalue weighted by molar-refractivity contribution is 6.29. The summed E-state index contributed by atoms with van der Waals surface area (Å²) in [6, 6.07) is 0. The molecule has 0 aromatic carbocycles. The molecule has 17 heavy (non-hydrogen) atoms. The number of amides is 1. The standard InChI is InChI=1S/C11H19ClN4O/c1-4-16(5-2)11(17)8-13-7-10-14-6-9(12)15(10)3/h6,13H,4-5,7-8H2,1-3H3. The summed E-state index contributed by atoms with van der Waals surface area (Å²) >= 11 is 5.86. The number of carbonyl (C=O) groups excluding carboxylic acids is 1. The van der Waals surface area contributed by atoms with Gasteiger partial charge in [0.15, 0.2) is 0 Å². The average Bonchev–Trinajstić information content (AvgIpc) is 2.62. The van der Waals surface area contributed by atoms with Crippen molar-refractivity contribution in [2.45, 2.75) is 20.4 Å². The van der Waals surface area contributed by atoms with Gasteiger partial charge >= 0.3 is 0 Å². The second-order valence-corrected chi connectivity index (χ2v) is 4.11. The lowest BCUT2D eigenvalue weighted by atomic mass is 10.4. The lowest BCUT2D eigenvalue weighted by molar-refractivity contribution is -0.129. The molecule has 1 heterocycles. The maximum atomic E-state index is 11.7. The van der Waals surface area contributed by atoms with E-state index in [-0.39, 0.29) is 5.91 Å². The molecule has 0 aliphatic rings. The van der Waals surface area contributed by atoms with Gasteiger partial charge in [-0.15, -0.1) is 0 Å². The highest BCUT2D eigenvalue weighted by Gasteiger charge is 2.09. The zero-order valence-corrected chi connectivity index (χ0v) is 11.3. The van der Waals surface area contributed by atoms with Gasteiger partial charge in [-0.05, 0) is 13.8 Å². The molecule has 1 N–H and O–H groups in total. The molecule has 0 aliphatic carbocycles. The van der Waals surface area contributed by atoms with Gasteiger partial charge in [0.25, 0.3) is 0 Å². The average molecular weight is 259 g/mol. The molecule has 1 aromatic heterocycles. The van der Waals surface area contributed by atoms with E-state index in [1.165, 1.54) is 0 Å². The van der Waals surface area contributed by atoms with Crippen molar-refractivity contribution in [2.75, 3.05) is 19.6 Å². The molecule has 0 bridgehead atoms. The molecule has 1 aromatic rings. The molecular formula is C11H19ClN4O. The van der Waals surface area contributed by atoms with Crippen molar-refractivity contribution in [1.29, 1.82) is 0 Å². The maximum Gasteiger partial charge on any atom is 0.236 e. The van der Waals surface area contributed by atoms with E-state index in [9.17, 15) is 4.79 Å². The van der Waals surface area contributed by atoms with Crippen LogP contribution in [-0.2, 0) is 18.4 Å². The number of carbonyl (C=O) groups is 1. The first-order valence-electron chi connectivity index (χ1n) is 5.74. The Kier molecular flexibility index (Phi) is 5.44. The van der Waals surface area contributed by atoms with Crippen LogP contribution in [0.5, 0.6) is 0 Å².